The number of benzene rings is 1. The van der Waals surface area contributed by atoms with Gasteiger partial charge in [0, 0.05) is 6.42 Å². The van der Waals surface area contributed by atoms with Gasteiger partial charge in [-0.2, -0.15) is 5.06 Å². The number of carbonyl (C=O) groups excluding carboxylic acids is 3. The first kappa shape index (κ1) is 24.6. The van der Waals surface area contributed by atoms with Gasteiger partial charge in [-0.15, -0.1) is 0 Å². The maximum absolute atomic E-state index is 13.1. The molecule has 0 spiro atoms. The fourth-order valence-electron chi connectivity index (χ4n) is 3.53. The summed E-state index contributed by atoms with van der Waals surface area (Å²) in [5, 5.41) is 13.4. The van der Waals surface area contributed by atoms with E-state index >= 15 is 0 Å². The van der Waals surface area contributed by atoms with Crippen molar-refractivity contribution in [2.45, 2.75) is 45.4 Å². The summed E-state index contributed by atoms with van der Waals surface area (Å²) in [6, 6.07) is 8.40. The van der Waals surface area contributed by atoms with Crippen LogP contribution in [0.5, 0.6) is 0 Å². The predicted octanol–water partition coefficient (Wildman–Crippen LogP) is 1.22. The van der Waals surface area contributed by atoms with Crippen LogP contribution in [0.3, 0.4) is 0 Å². The fourth-order valence-corrected chi connectivity index (χ4v) is 3.84. The molecule has 2 fully saturated rings. The number of amides is 1. The van der Waals surface area contributed by atoms with Crippen molar-refractivity contribution in [3.8, 4) is 0 Å². The molecule has 2 aliphatic rings. The smallest absolute Gasteiger partial charge is 0.373 e. The number of hydrogen-bond acceptors (Lipinski definition) is 8. The number of aliphatic carboxylic acids is 1. The molecular weight excluding hydrogens is 452 g/mol. The number of hydroxylamine groups is 2. The second-order valence-electron chi connectivity index (χ2n) is 8.94. The van der Waals surface area contributed by atoms with E-state index < -0.39 is 53.5 Å². The fraction of sp³-hybridized carbons (Fsp3) is 0.500. The number of esters is 2. The van der Waals surface area contributed by atoms with E-state index in [1.165, 1.54) is 0 Å². The molecule has 0 aromatic heterocycles. The second-order valence-corrected chi connectivity index (χ2v) is 9.43. The van der Waals surface area contributed by atoms with Gasteiger partial charge in [0.2, 0.25) is 0 Å². The van der Waals surface area contributed by atoms with Crippen LogP contribution in [0.25, 0.3) is 0 Å². The summed E-state index contributed by atoms with van der Waals surface area (Å²) in [5.41, 5.74) is -2.35. The molecular formula is C22H26N2O8S. The molecule has 0 saturated carbocycles. The summed E-state index contributed by atoms with van der Waals surface area (Å²) >= 11 is 5.33. The van der Waals surface area contributed by atoms with Crippen LogP contribution in [0.4, 0.5) is 0 Å². The third kappa shape index (κ3) is 5.14. The first-order valence-electron chi connectivity index (χ1n) is 10.4. The second kappa shape index (κ2) is 9.44. The van der Waals surface area contributed by atoms with Crippen LogP contribution in [-0.2, 0) is 39.9 Å². The van der Waals surface area contributed by atoms with Gasteiger partial charge in [-0.05, 0) is 26.3 Å². The summed E-state index contributed by atoms with van der Waals surface area (Å²) in [6.07, 6.45) is 0.0196. The Kier molecular flexibility index (Phi) is 7.03. The number of nitrogens with zero attached hydrogens (tertiary/aromatic N) is 1. The molecule has 178 valence electrons. The molecule has 2 N–H and O–H groups in total. The van der Waals surface area contributed by atoms with E-state index in [2.05, 4.69) is 5.32 Å². The molecule has 2 aliphatic heterocycles. The Balaban J connectivity index is 1.74. The van der Waals surface area contributed by atoms with Crippen LogP contribution < -0.4 is 5.32 Å². The molecule has 10 nitrogen and oxygen atoms in total. The first-order chi connectivity index (χ1) is 15.4. The number of ether oxygens (including phenoxy) is 2. The third-order valence-corrected chi connectivity index (χ3v) is 5.55. The highest BCUT2D eigenvalue weighted by Crippen LogP contribution is 2.39. The number of nitrogens with one attached hydrogen (secondary N) is 1. The lowest BCUT2D eigenvalue weighted by Gasteiger charge is -2.35. The lowest BCUT2D eigenvalue weighted by atomic mass is 9.94. The number of thiocarbonyl (C=S) groups is 1. The van der Waals surface area contributed by atoms with Crippen molar-refractivity contribution in [2.75, 3.05) is 13.2 Å². The minimum Gasteiger partial charge on any atom is -0.477 e. The van der Waals surface area contributed by atoms with Crippen molar-refractivity contribution >= 4 is 41.0 Å². The van der Waals surface area contributed by atoms with Crippen LogP contribution in [-0.4, -0.2) is 64.0 Å². The van der Waals surface area contributed by atoms with Crippen LogP contribution in [0.15, 0.2) is 30.3 Å². The minimum absolute atomic E-state index is 0.213. The van der Waals surface area contributed by atoms with E-state index in [0.29, 0.717) is 16.5 Å². The number of rotatable bonds is 7. The van der Waals surface area contributed by atoms with Gasteiger partial charge in [-0.3, -0.25) is 19.2 Å². The zero-order valence-corrected chi connectivity index (χ0v) is 19.3. The van der Waals surface area contributed by atoms with Crippen LogP contribution in [0.2, 0.25) is 0 Å². The Hall–Kier alpha value is -3.05. The normalized spacial score (nSPS) is 25.0. The highest BCUT2D eigenvalue weighted by molar-refractivity contribution is 7.80. The SMILES string of the molecule is CC(C)(C)C(=O)OCC1CC(=O)OC1(C(=O)O)N1OC[C@H](NC(=S)Cc2ccccc2)C1=O. The van der Waals surface area contributed by atoms with Crippen molar-refractivity contribution in [3.63, 3.8) is 0 Å². The summed E-state index contributed by atoms with van der Waals surface area (Å²) in [6.45, 7) is 4.26. The molecule has 11 heteroatoms. The average molecular weight is 479 g/mol. The lowest BCUT2D eigenvalue weighted by Crippen LogP contribution is -2.61. The predicted molar refractivity (Wildman–Crippen MR) is 117 cm³/mol. The van der Waals surface area contributed by atoms with Crippen molar-refractivity contribution in [1.29, 1.82) is 0 Å². The van der Waals surface area contributed by atoms with Gasteiger partial charge < -0.3 is 19.9 Å². The summed E-state index contributed by atoms with van der Waals surface area (Å²) in [5.74, 6) is -4.95. The van der Waals surface area contributed by atoms with Gasteiger partial charge in [0.1, 0.15) is 19.3 Å². The Morgan fingerprint density at radius 2 is 1.94 bits per heavy atom. The Morgan fingerprint density at radius 1 is 1.27 bits per heavy atom. The van der Waals surface area contributed by atoms with Gasteiger partial charge in [0.05, 0.1) is 22.7 Å². The average Bonchev–Trinajstić information content (AvgIpc) is 3.26. The van der Waals surface area contributed by atoms with Gasteiger partial charge in [0.15, 0.2) is 0 Å². The molecule has 0 radical (unpaired) electrons. The van der Waals surface area contributed by atoms with Crippen LogP contribution in [0, 0.1) is 11.3 Å². The lowest BCUT2D eigenvalue weighted by molar-refractivity contribution is -0.269. The van der Waals surface area contributed by atoms with Gasteiger partial charge in [-0.1, -0.05) is 42.5 Å². The maximum Gasteiger partial charge on any atom is 0.373 e. The summed E-state index contributed by atoms with van der Waals surface area (Å²) in [4.78, 5) is 55.4. The number of carboxylic acid groups (broad SMARTS) is 1. The molecule has 3 atom stereocenters. The molecule has 33 heavy (non-hydrogen) atoms. The van der Waals surface area contributed by atoms with Crippen molar-refractivity contribution < 1.29 is 38.6 Å². The third-order valence-electron chi connectivity index (χ3n) is 5.28. The maximum atomic E-state index is 13.1. The molecule has 1 aromatic rings. The number of carboxylic acids is 1. The molecule has 0 bridgehead atoms. The molecule has 1 amide bonds. The van der Waals surface area contributed by atoms with Gasteiger partial charge in [0.25, 0.3) is 5.91 Å². The highest BCUT2D eigenvalue weighted by Gasteiger charge is 2.65. The number of hydrogen-bond donors (Lipinski definition) is 2. The quantitative estimate of drug-likeness (QED) is 0.436. The molecule has 1 aromatic carbocycles. The Labute approximate surface area is 196 Å². The van der Waals surface area contributed by atoms with Gasteiger partial charge >= 0.3 is 23.6 Å². The Bertz CT molecular complexity index is 961. The Morgan fingerprint density at radius 3 is 2.55 bits per heavy atom. The number of cyclic esters (lactones) is 1. The van der Waals surface area contributed by atoms with Crippen molar-refractivity contribution in [1.82, 2.24) is 10.4 Å². The largest absolute Gasteiger partial charge is 0.477 e. The van der Waals surface area contributed by atoms with Crippen molar-refractivity contribution in [2.24, 2.45) is 11.3 Å². The molecule has 2 unspecified atom stereocenters. The van der Waals surface area contributed by atoms with E-state index in [1.807, 2.05) is 30.3 Å². The summed E-state index contributed by atoms with van der Waals surface area (Å²) < 4.78 is 10.4. The van der Waals surface area contributed by atoms with Gasteiger partial charge in [-0.25, -0.2) is 4.79 Å². The molecule has 2 heterocycles. The van der Waals surface area contributed by atoms with E-state index in [9.17, 15) is 24.3 Å². The van der Waals surface area contributed by atoms with Crippen molar-refractivity contribution in [3.05, 3.63) is 35.9 Å². The molecule has 3 rings (SSSR count). The number of carbonyl (C=O) groups is 4. The molecule has 2 saturated heterocycles. The van der Waals surface area contributed by atoms with E-state index in [0.717, 1.165) is 5.56 Å². The standard InChI is InChI=1S/C22H26N2O8S/c1-21(2,3)20(29)30-11-14-10-17(25)32-22(14,19(27)28)24-18(26)15(12-31-24)23-16(33)9-13-7-5-4-6-8-13/h4-8,14-15H,9-12H2,1-3H3,(H,23,33)(H,27,28)/t14?,15-,22?/m0/s1. The minimum atomic E-state index is -2.45. The topological polar surface area (TPSA) is 131 Å². The van der Waals surface area contributed by atoms with Crippen LogP contribution >= 0.6 is 12.2 Å². The molecule has 0 aliphatic carbocycles. The highest BCUT2D eigenvalue weighted by atomic mass is 32.1. The van der Waals surface area contributed by atoms with E-state index in [1.54, 1.807) is 20.8 Å². The van der Waals surface area contributed by atoms with E-state index in [4.69, 9.17) is 26.5 Å². The zero-order valence-electron chi connectivity index (χ0n) is 18.5. The van der Waals surface area contributed by atoms with Crippen LogP contribution in [0.1, 0.15) is 32.8 Å². The monoisotopic (exact) mass is 478 g/mol. The zero-order chi connectivity index (χ0) is 24.4. The summed E-state index contributed by atoms with van der Waals surface area (Å²) in [7, 11) is 0. The van der Waals surface area contributed by atoms with E-state index in [-0.39, 0.29) is 13.0 Å². The first-order valence-corrected chi connectivity index (χ1v) is 10.8.